The van der Waals surface area contributed by atoms with Crippen LogP contribution < -0.4 is 5.32 Å². The van der Waals surface area contributed by atoms with Crippen molar-refractivity contribution < 1.29 is 9.72 Å². The van der Waals surface area contributed by atoms with E-state index in [4.69, 9.17) is 0 Å². The zero-order valence-corrected chi connectivity index (χ0v) is 17.5. The molecule has 2 aromatic heterocycles. The summed E-state index contributed by atoms with van der Waals surface area (Å²) in [5.41, 5.74) is 0.978. The summed E-state index contributed by atoms with van der Waals surface area (Å²) < 4.78 is 2.53. The molecule has 10 heteroatoms. The van der Waals surface area contributed by atoms with Gasteiger partial charge in [-0.25, -0.2) is 9.67 Å². The molecule has 8 nitrogen and oxygen atoms in total. The van der Waals surface area contributed by atoms with E-state index < -0.39 is 10.8 Å². The van der Waals surface area contributed by atoms with Crippen LogP contribution in [0.2, 0.25) is 0 Å². The lowest BCUT2D eigenvalue weighted by Crippen LogP contribution is -2.18. The van der Waals surface area contributed by atoms with E-state index in [1.165, 1.54) is 42.0 Å². The molecule has 4 rings (SSSR count). The van der Waals surface area contributed by atoms with E-state index in [1.54, 1.807) is 29.1 Å². The van der Waals surface area contributed by atoms with Gasteiger partial charge in [0.05, 0.1) is 22.1 Å². The number of anilines is 1. The van der Waals surface area contributed by atoms with E-state index in [0.717, 1.165) is 10.0 Å². The number of benzene rings is 1. The van der Waals surface area contributed by atoms with Crippen molar-refractivity contribution in [3.63, 3.8) is 0 Å². The van der Waals surface area contributed by atoms with Crippen LogP contribution in [0.5, 0.6) is 0 Å². The van der Waals surface area contributed by atoms with Crippen LogP contribution in [0.4, 0.5) is 11.5 Å². The second-order valence-electron chi connectivity index (χ2n) is 6.99. The lowest BCUT2D eigenvalue weighted by molar-refractivity contribution is -0.387. The van der Waals surface area contributed by atoms with Gasteiger partial charge in [-0.3, -0.25) is 14.9 Å². The summed E-state index contributed by atoms with van der Waals surface area (Å²) in [6, 6.07) is 6.44. The molecule has 1 fully saturated rings. The highest BCUT2D eigenvalue weighted by atomic mass is 32.2. The van der Waals surface area contributed by atoms with Crippen LogP contribution in [0.3, 0.4) is 0 Å². The second-order valence-corrected chi connectivity index (χ2v) is 9.14. The molecule has 29 heavy (non-hydrogen) atoms. The van der Waals surface area contributed by atoms with E-state index in [2.05, 4.69) is 22.3 Å². The fourth-order valence-electron chi connectivity index (χ4n) is 3.07. The number of aromatic nitrogens is 3. The van der Waals surface area contributed by atoms with Gasteiger partial charge in [-0.1, -0.05) is 11.8 Å². The summed E-state index contributed by atoms with van der Waals surface area (Å²) in [7, 11) is 0. The molecule has 1 unspecified atom stereocenters. The number of hydrogen-bond donors (Lipinski definition) is 1. The Morgan fingerprint density at radius 1 is 1.41 bits per heavy atom. The summed E-state index contributed by atoms with van der Waals surface area (Å²) in [6.45, 7) is 3.95. The summed E-state index contributed by atoms with van der Waals surface area (Å²) in [6.07, 6.45) is 3.98. The number of carbonyl (C=O) groups is 1. The average Bonchev–Trinajstić information content (AvgIpc) is 3.32. The van der Waals surface area contributed by atoms with Gasteiger partial charge in [0.15, 0.2) is 4.34 Å². The predicted molar refractivity (Wildman–Crippen MR) is 112 cm³/mol. The molecule has 1 N–H and O–H groups in total. The summed E-state index contributed by atoms with van der Waals surface area (Å²) >= 11 is 2.66. The molecule has 0 radical (unpaired) electrons. The molecule has 0 saturated heterocycles. The topological polar surface area (TPSA) is 103 Å². The maximum Gasteiger partial charge on any atom is 0.284 e. The molecule has 1 aliphatic carbocycles. The first-order valence-corrected chi connectivity index (χ1v) is 10.9. The summed E-state index contributed by atoms with van der Waals surface area (Å²) in [4.78, 5) is 28.6. The van der Waals surface area contributed by atoms with Crippen LogP contribution in [-0.4, -0.2) is 25.6 Å². The molecule has 150 valence electrons. The van der Waals surface area contributed by atoms with Gasteiger partial charge in [0, 0.05) is 28.8 Å². The number of nitro groups is 1. The minimum absolute atomic E-state index is 0.115. The van der Waals surface area contributed by atoms with Gasteiger partial charge in [-0.15, -0.1) is 11.3 Å². The molecule has 1 aliphatic rings. The molecule has 0 spiro atoms. The number of thiazole rings is 1. The van der Waals surface area contributed by atoms with Gasteiger partial charge in [0.1, 0.15) is 5.82 Å². The summed E-state index contributed by atoms with van der Waals surface area (Å²) in [5, 5.41) is 20.6. The number of nitrogens with one attached hydrogen (secondary N) is 1. The zero-order chi connectivity index (χ0) is 20.5. The number of carbonyl (C=O) groups excluding carboxylic acids is 1. The van der Waals surface area contributed by atoms with Crippen molar-refractivity contribution in [3.05, 3.63) is 57.2 Å². The summed E-state index contributed by atoms with van der Waals surface area (Å²) in [5.74, 6) is 0.769. The molecule has 3 aromatic rings. The molecule has 1 aromatic carbocycles. The van der Waals surface area contributed by atoms with E-state index >= 15 is 0 Å². The quantitative estimate of drug-likeness (QED) is 0.422. The lowest BCUT2D eigenvalue weighted by Gasteiger charge is -2.15. The van der Waals surface area contributed by atoms with Gasteiger partial charge in [0.25, 0.3) is 11.6 Å². The van der Waals surface area contributed by atoms with Gasteiger partial charge >= 0.3 is 0 Å². The average molecular weight is 430 g/mol. The molecule has 1 atom stereocenters. The Balaban J connectivity index is 1.55. The molecule has 1 saturated carbocycles. The standard InChI is InChI=1S/C19H19N5O3S2/c1-11-10-28-19(21-11)29-16-6-5-14(9-15(16)24(26)27)18(25)22-17-7-8-20-23(17)12(2)13-3-4-13/h5-10,12-13H,3-4H2,1-2H3,(H,22,25). The first-order chi connectivity index (χ1) is 13.9. The predicted octanol–water partition coefficient (Wildman–Crippen LogP) is 4.93. The molecule has 2 heterocycles. The van der Waals surface area contributed by atoms with Crippen LogP contribution in [0.25, 0.3) is 0 Å². The number of aryl methyl sites for hydroxylation is 1. The van der Waals surface area contributed by atoms with Crippen molar-refractivity contribution in [3.8, 4) is 0 Å². The molecular weight excluding hydrogens is 410 g/mol. The van der Waals surface area contributed by atoms with Gasteiger partial charge < -0.3 is 5.32 Å². The molecule has 0 aliphatic heterocycles. The van der Waals surface area contributed by atoms with E-state index in [9.17, 15) is 14.9 Å². The third kappa shape index (κ3) is 4.33. The normalized spacial score (nSPS) is 14.6. The highest BCUT2D eigenvalue weighted by Crippen LogP contribution is 2.40. The number of hydrogen-bond acceptors (Lipinski definition) is 7. The minimum atomic E-state index is -0.473. The Morgan fingerprint density at radius 3 is 2.86 bits per heavy atom. The highest BCUT2D eigenvalue weighted by molar-refractivity contribution is 8.01. The van der Waals surface area contributed by atoms with E-state index in [0.29, 0.717) is 16.6 Å². The fraction of sp³-hybridized carbons (Fsp3) is 0.316. The van der Waals surface area contributed by atoms with Crippen molar-refractivity contribution in [1.82, 2.24) is 14.8 Å². The monoisotopic (exact) mass is 429 g/mol. The number of nitro benzene ring substituents is 1. The maximum absolute atomic E-state index is 12.7. The minimum Gasteiger partial charge on any atom is -0.307 e. The maximum atomic E-state index is 12.7. The van der Waals surface area contributed by atoms with Gasteiger partial charge in [0.2, 0.25) is 0 Å². The first-order valence-electron chi connectivity index (χ1n) is 9.15. The molecular formula is C19H19N5O3S2. The van der Waals surface area contributed by atoms with Crippen molar-refractivity contribution in [2.75, 3.05) is 5.32 Å². The Labute approximate surface area is 175 Å². The van der Waals surface area contributed by atoms with Gasteiger partial charge in [-0.2, -0.15) is 5.10 Å². The zero-order valence-electron chi connectivity index (χ0n) is 15.9. The van der Waals surface area contributed by atoms with Crippen molar-refractivity contribution in [1.29, 1.82) is 0 Å². The smallest absolute Gasteiger partial charge is 0.284 e. The second kappa shape index (κ2) is 7.96. The van der Waals surface area contributed by atoms with E-state index in [1.807, 2.05) is 12.3 Å². The van der Waals surface area contributed by atoms with Crippen molar-refractivity contribution in [2.45, 2.75) is 42.0 Å². The third-order valence-electron chi connectivity index (χ3n) is 4.81. The number of amides is 1. The van der Waals surface area contributed by atoms with Crippen LogP contribution in [0, 0.1) is 23.0 Å². The van der Waals surface area contributed by atoms with Crippen LogP contribution in [0.15, 0.2) is 45.1 Å². The Morgan fingerprint density at radius 2 is 2.21 bits per heavy atom. The SMILES string of the molecule is Cc1csc(Sc2ccc(C(=O)Nc3ccnn3C(C)C3CC3)cc2[N+](=O)[O-])n1. The van der Waals surface area contributed by atoms with Gasteiger partial charge in [-0.05, 0) is 44.7 Å². The fourth-order valence-corrected chi connectivity index (χ4v) is 4.94. The molecule has 0 bridgehead atoms. The van der Waals surface area contributed by atoms with E-state index in [-0.39, 0.29) is 17.3 Å². The van der Waals surface area contributed by atoms with Crippen LogP contribution >= 0.6 is 23.1 Å². The molecule has 1 amide bonds. The van der Waals surface area contributed by atoms with Crippen LogP contribution in [-0.2, 0) is 0 Å². The Kier molecular flexibility index (Phi) is 5.37. The van der Waals surface area contributed by atoms with Crippen LogP contribution in [0.1, 0.15) is 41.9 Å². The number of rotatable bonds is 7. The van der Waals surface area contributed by atoms with Crippen molar-refractivity contribution >= 4 is 40.5 Å². The number of nitrogens with zero attached hydrogens (tertiary/aromatic N) is 4. The van der Waals surface area contributed by atoms with Crippen molar-refractivity contribution in [2.24, 2.45) is 5.92 Å². The Bertz CT molecular complexity index is 1070. The Hall–Kier alpha value is -2.72. The highest BCUT2D eigenvalue weighted by Gasteiger charge is 2.31. The largest absolute Gasteiger partial charge is 0.307 e. The third-order valence-corrected chi connectivity index (χ3v) is 6.94. The first kappa shape index (κ1) is 19.6. The lowest BCUT2D eigenvalue weighted by atomic mass is 10.2.